The van der Waals surface area contributed by atoms with E-state index in [4.69, 9.17) is 31.8 Å². The number of hydrogen-bond acceptors (Lipinski definition) is 5. The van der Waals surface area contributed by atoms with Crippen LogP contribution < -0.4 is 18.9 Å². The number of rotatable bonds is 12. The molecule has 0 spiro atoms. The number of hydrogen-bond donors (Lipinski definition) is 0. The molecule has 0 atom stereocenters. The summed E-state index contributed by atoms with van der Waals surface area (Å²) in [6.07, 6.45) is 12.5. The van der Waals surface area contributed by atoms with Gasteiger partial charge in [0.2, 0.25) is 0 Å². The lowest BCUT2D eigenvalue weighted by Gasteiger charge is -2.15. The first-order valence-electron chi connectivity index (χ1n) is 37.9. The lowest BCUT2D eigenvalue weighted by atomic mass is 9.88. The van der Waals surface area contributed by atoms with Gasteiger partial charge in [0.15, 0.2) is 5.78 Å². The Kier molecular flexibility index (Phi) is 20.5. The first-order chi connectivity index (χ1) is 55.2. The molecular weight excluding hydrogens is 1370 g/mol. The molecule has 0 heterocycles. The van der Waals surface area contributed by atoms with E-state index in [9.17, 15) is 4.79 Å². The molecule has 16 aromatic carbocycles. The summed E-state index contributed by atoms with van der Waals surface area (Å²) in [5.41, 5.74) is 32.9. The zero-order valence-electron chi connectivity index (χ0n) is 63.4. The van der Waals surface area contributed by atoms with Crippen molar-refractivity contribution in [1.29, 1.82) is 0 Å². The third-order valence-corrected chi connectivity index (χ3v) is 21.7. The topological polar surface area (TPSA) is 54.0 Å². The normalized spacial score (nSPS) is 11.8. The summed E-state index contributed by atoms with van der Waals surface area (Å²) >= 11 is 0. The molecule has 0 saturated carbocycles. The van der Waals surface area contributed by atoms with E-state index in [1.165, 1.54) is 144 Å². The van der Waals surface area contributed by atoms with Crippen LogP contribution >= 0.6 is 0 Å². The van der Waals surface area contributed by atoms with Gasteiger partial charge in [-0.1, -0.05) is 341 Å². The second kappa shape index (κ2) is 31.9. The van der Waals surface area contributed by atoms with Gasteiger partial charge in [0, 0.05) is 34.4 Å². The lowest BCUT2D eigenvalue weighted by Crippen LogP contribution is -2.02. The van der Waals surface area contributed by atoms with Crippen molar-refractivity contribution in [2.75, 3.05) is 28.4 Å². The summed E-state index contributed by atoms with van der Waals surface area (Å²) in [7, 11) is 6.51. The van der Waals surface area contributed by atoms with Gasteiger partial charge in [0.25, 0.3) is 0 Å². The van der Waals surface area contributed by atoms with Crippen molar-refractivity contribution in [3.8, 4) is 137 Å². The zero-order chi connectivity index (χ0) is 76.8. The summed E-state index contributed by atoms with van der Waals surface area (Å²) in [4.78, 5) is 13.7. The smallest absolute Gasteiger partial charge is 0.195 e. The monoisotopic (exact) mass is 1440 g/mol. The third-order valence-electron chi connectivity index (χ3n) is 21.7. The molecule has 0 unspecified atom stereocenters. The fourth-order valence-electron chi connectivity index (χ4n) is 16.6. The Morgan fingerprint density at radius 1 is 0.250 bits per heavy atom. The Morgan fingerprint density at radius 3 is 0.732 bits per heavy atom. The van der Waals surface area contributed by atoms with Gasteiger partial charge >= 0.3 is 0 Å². The minimum Gasteiger partial charge on any atom is -0.496 e. The van der Waals surface area contributed by atoms with E-state index in [0.29, 0.717) is 22.6 Å². The number of terminal acetylenes is 2. The van der Waals surface area contributed by atoms with Crippen molar-refractivity contribution in [2.45, 2.75) is 26.7 Å². The summed E-state index contributed by atoms with van der Waals surface area (Å²) < 4.78 is 20.8. The van der Waals surface area contributed by atoms with Gasteiger partial charge in [-0.2, -0.15) is 0 Å². The van der Waals surface area contributed by atoms with Gasteiger partial charge in [0.1, 0.15) is 23.0 Å². The highest BCUT2D eigenvalue weighted by molar-refractivity contribution is 6.61. The SMILES string of the molecule is C#Cc1cc(OC)c(C#C)cc1OC.CCc1cc(OC)c(CC)cc1OC.O=C1C(c2ccccc2)=C2C(=C1c1ccccc1)c1cccc3cccc2c13.c1ccc(-c2ccc(-c3ccccc3)c3c2-c2cccc4cccc-3c24)cc1.c1ccc(-c2ccc(-c3ccccc3)c3c2-c2cccc4cccc-3c24)cc1. The van der Waals surface area contributed by atoms with Crippen LogP contribution in [0.15, 0.2) is 340 Å². The summed E-state index contributed by atoms with van der Waals surface area (Å²) in [5.74, 6) is 8.21. The number of benzene rings is 16. The molecule has 5 heteroatoms. The van der Waals surface area contributed by atoms with Crippen LogP contribution in [-0.4, -0.2) is 34.2 Å². The number of allylic oxidation sites excluding steroid dienone is 4. The third kappa shape index (κ3) is 13.1. The molecule has 0 aliphatic heterocycles. The van der Waals surface area contributed by atoms with E-state index in [1.807, 2.05) is 60.7 Å². The van der Waals surface area contributed by atoms with Gasteiger partial charge in [-0.3, -0.25) is 4.79 Å². The van der Waals surface area contributed by atoms with Gasteiger partial charge in [0.05, 0.1) is 39.6 Å². The van der Waals surface area contributed by atoms with E-state index in [0.717, 1.165) is 57.8 Å². The highest BCUT2D eigenvalue weighted by Crippen LogP contribution is 2.59. The van der Waals surface area contributed by atoms with Crippen molar-refractivity contribution < 1.29 is 23.7 Å². The predicted molar refractivity (Wildman–Crippen MR) is 468 cm³/mol. The second-order valence-corrected chi connectivity index (χ2v) is 27.7. The minimum atomic E-state index is 0.119. The average Bonchev–Trinajstić information content (AvgIpc) is 1.57. The molecule has 4 aliphatic carbocycles. The maximum absolute atomic E-state index is 13.7. The van der Waals surface area contributed by atoms with Crippen LogP contribution in [-0.2, 0) is 17.6 Å². The average molecular weight is 1450 g/mol. The van der Waals surface area contributed by atoms with Crippen LogP contribution in [0.3, 0.4) is 0 Å². The number of carbonyl (C=O) groups excluding carboxylic acids is 1. The van der Waals surface area contributed by atoms with Crippen molar-refractivity contribution in [3.63, 3.8) is 0 Å². The number of aryl methyl sites for hydroxylation is 2. The van der Waals surface area contributed by atoms with Crippen molar-refractivity contribution >= 4 is 60.4 Å². The van der Waals surface area contributed by atoms with Gasteiger partial charge < -0.3 is 18.9 Å². The lowest BCUT2D eigenvalue weighted by molar-refractivity contribution is -0.108. The molecule has 112 heavy (non-hydrogen) atoms. The highest BCUT2D eigenvalue weighted by Gasteiger charge is 2.40. The van der Waals surface area contributed by atoms with Crippen molar-refractivity contribution in [1.82, 2.24) is 0 Å². The van der Waals surface area contributed by atoms with E-state index in [-0.39, 0.29) is 5.78 Å². The zero-order valence-corrected chi connectivity index (χ0v) is 63.4. The Morgan fingerprint density at radius 2 is 0.491 bits per heavy atom. The standard InChI is InChI=1S/2C28H18.C27H16O.C12H18O2.C12H10O2/c2*1-3-9-19(10-4-1)22-17-18-23(20-11-5-2-6-12-20)28-25-16-8-14-21-13-7-15-24(26(21)25)27(22)28;28-27-23(18-9-3-1-4-10-18)25-20-15-7-13-17-14-8-16-21(22(17)20)26(25)24(27)19-11-5-2-6-12-19;2*1-5-9-7-12(14-4)10(6-2)8-11(9)13-3/h2*1-18H;1-16H;7-8H,5-6H2,1-4H3;1-2,7-8H,3-4H3. The van der Waals surface area contributed by atoms with E-state index in [2.05, 4.69) is 293 Å². The van der Waals surface area contributed by atoms with Crippen LogP contribution in [0.5, 0.6) is 23.0 Å². The second-order valence-electron chi connectivity index (χ2n) is 27.7. The maximum Gasteiger partial charge on any atom is 0.195 e. The molecule has 0 aromatic heterocycles. The maximum atomic E-state index is 13.7. The predicted octanol–water partition coefficient (Wildman–Crippen LogP) is 26.4. The van der Waals surface area contributed by atoms with E-state index < -0.39 is 0 Å². The molecule has 16 aromatic rings. The number of Topliss-reactive ketones (excluding diaryl/α,β-unsaturated/α-hetero) is 1. The summed E-state index contributed by atoms with van der Waals surface area (Å²) in [5, 5.41) is 7.84. The first-order valence-corrected chi connectivity index (χ1v) is 37.9. The minimum absolute atomic E-state index is 0.119. The number of fused-ring (bicyclic) bond motifs is 9. The van der Waals surface area contributed by atoms with E-state index >= 15 is 0 Å². The Bertz CT molecular complexity index is 5820. The first kappa shape index (κ1) is 72.0. The summed E-state index contributed by atoms with van der Waals surface area (Å²) in [6, 6.07) is 119. The molecule has 538 valence electrons. The quantitative estimate of drug-likeness (QED) is 0.114. The largest absolute Gasteiger partial charge is 0.496 e. The van der Waals surface area contributed by atoms with E-state index in [1.54, 1.807) is 40.6 Å². The van der Waals surface area contributed by atoms with Gasteiger partial charge in [-0.15, -0.1) is 12.8 Å². The molecule has 0 N–H and O–H groups in total. The molecule has 0 fully saturated rings. The van der Waals surface area contributed by atoms with Gasteiger partial charge in [-0.05, 0) is 180 Å². The van der Waals surface area contributed by atoms with Crippen LogP contribution in [0.2, 0.25) is 0 Å². The highest BCUT2D eigenvalue weighted by atomic mass is 16.5. The molecule has 5 nitrogen and oxygen atoms in total. The molecule has 20 rings (SSSR count). The number of carbonyl (C=O) groups is 1. The Hall–Kier alpha value is -14.2. The molecular formula is C107H80O5. The summed E-state index contributed by atoms with van der Waals surface area (Å²) in [6.45, 7) is 4.23. The Balaban J connectivity index is 0.000000109. The Labute approximate surface area is 656 Å². The molecule has 0 amide bonds. The number of methoxy groups -OCH3 is 4. The fourth-order valence-corrected chi connectivity index (χ4v) is 16.6. The number of ketones is 1. The molecule has 0 bridgehead atoms. The van der Waals surface area contributed by atoms with Crippen molar-refractivity contribution in [2.24, 2.45) is 0 Å². The molecule has 0 radical (unpaired) electrons. The van der Waals surface area contributed by atoms with Crippen LogP contribution in [0.4, 0.5) is 0 Å². The fraction of sp³-hybridized carbons (Fsp3) is 0.0748. The van der Waals surface area contributed by atoms with Crippen LogP contribution in [0, 0.1) is 24.7 Å². The van der Waals surface area contributed by atoms with Crippen LogP contribution in [0.25, 0.3) is 144 Å². The molecule has 4 aliphatic rings. The number of ether oxygens (including phenoxy) is 4. The van der Waals surface area contributed by atoms with Gasteiger partial charge in [-0.25, -0.2) is 0 Å². The molecule has 0 saturated heterocycles. The van der Waals surface area contributed by atoms with Crippen molar-refractivity contribution in [3.05, 3.63) is 384 Å². The van der Waals surface area contributed by atoms with Crippen LogP contribution in [0.1, 0.15) is 58.4 Å².